The third-order valence-corrected chi connectivity index (χ3v) is 5.40. The standard InChI is InChI=1S/C7H4Br4O2/c8-2-1-3(9)5(10)6(11)4(2)7(12)13/h1,7,12-13H. The topological polar surface area (TPSA) is 40.5 Å². The zero-order chi connectivity index (χ0) is 10.2. The maximum absolute atomic E-state index is 9.06. The second-order valence-corrected chi connectivity index (χ2v) is 5.55. The summed E-state index contributed by atoms with van der Waals surface area (Å²) in [6.45, 7) is 0. The van der Waals surface area contributed by atoms with Crippen LogP contribution in [-0.4, -0.2) is 10.2 Å². The summed E-state index contributed by atoms with van der Waals surface area (Å²) in [6.07, 6.45) is -1.51. The Hall–Kier alpha value is 1.06. The highest BCUT2D eigenvalue weighted by Gasteiger charge is 2.16. The first kappa shape index (κ1) is 12.1. The van der Waals surface area contributed by atoms with E-state index >= 15 is 0 Å². The molecule has 0 saturated heterocycles. The van der Waals surface area contributed by atoms with Gasteiger partial charge in [-0.3, -0.25) is 0 Å². The van der Waals surface area contributed by atoms with E-state index in [-0.39, 0.29) is 0 Å². The molecule has 1 aromatic carbocycles. The van der Waals surface area contributed by atoms with Crippen LogP contribution in [0.4, 0.5) is 0 Å². The number of halogens is 4. The Kier molecular flexibility index (Phi) is 4.40. The van der Waals surface area contributed by atoms with E-state index in [1.165, 1.54) is 0 Å². The molecule has 0 aromatic heterocycles. The highest BCUT2D eigenvalue weighted by molar-refractivity contribution is 9.14. The van der Waals surface area contributed by atoms with Gasteiger partial charge in [0.1, 0.15) is 0 Å². The summed E-state index contributed by atoms with van der Waals surface area (Å²) in [7, 11) is 0. The van der Waals surface area contributed by atoms with E-state index in [9.17, 15) is 0 Å². The van der Waals surface area contributed by atoms with Crippen LogP contribution in [0.5, 0.6) is 0 Å². The lowest BCUT2D eigenvalue weighted by molar-refractivity contribution is -0.0436. The molecule has 0 heterocycles. The van der Waals surface area contributed by atoms with Gasteiger partial charge in [-0.05, 0) is 53.9 Å². The molecule has 0 aliphatic carbocycles. The highest BCUT2D eigenvalue weighted by atomic mass is 79.9. The molecule has 0 radical (unpaired) electrons. The van der Waals surface area contributed by atoms with Crippen LogP contribution in [0.25, 0.3) is 0 Å². The van der Waals surface area contributed by atoms with Crippen LogP contribution in [0.3, 0.4) is 0 Å². The normalized spacial score (nSPS) is 11.0. The van der Waals surface area contributed by atoms with Crippen molar-refractivity contribution >= 4 is 63.7 Å². The molecule has 0 saturated carbocycles. The van der Waals surface area contributed by atoms with E-state index < -0.39 is 6.29 Å². The first-order valence-corrected chi connectivity index (χ1v) is 6.31. The van der Waals surface area contributed by atoms with E-state index in [4.69, 9.17) is 10.2 Å². The Labute approximate surface area is 109 Å². The van der Waals surface area contributed by atoms with Gasteiger partial charge in [0, 0.05) is 23.5 Å². The Morgan fingerprint density at radius 3 is 1.92 bits per heavy atom. The number of rotatable bonds is 1. The van der Waals surface area contributed by atoms with Crippen LogP contribution in [0.15, 0.2) is 24.0 Å². The monoisotopic (exact) mass is 436 g/mol. The average molecular weight is 440 g/mol. The van der Waals surface area contributed by atoms with Crippen molar-refractivity contribution in [2.45, 2.75) is 6.29 Å². The summed E-state index contributed by atoms with van der Waals surface area (Å²) < 4.78 is 2.82. The third kappa shape index (κ3) is 2.54. The molecule has 1 rings (SSSR count). The van der Waals surface area contributed by atoms with Crippen molar-refractivity contribution in [1.82, 2.24) is 0 Å². The van der Waals surface area contributed by atoms with Crippen LogP contribution >= 0.6 is 63.7 Å². The van der Waals surface area contributed by atoms with Gasteiger partial charge in [0.2, 0.25) is 0 Å². The first-order chi connectivity index (χ1) is 5.95. The maximum Gasteiger partial charge on any atom is 0.180 e. The average Bonchev–Trinajstić information content (AvgIpc) is 1.99. The SMILES string of the molecule is OC(O)c1c(Br)cc(Br)c(Br)c1Br. The smallest absolute Gasteiger partial charge is 0.180 e. The zero-order valence-corrected chi connectivity index (χ0v) is 12.4. The van der Waals surface area contributed by atoms with Crippen molar-refractivity contribution in [1.29, 1.82) is 0 Å². The molecule has 72 valence electrons. The van der Waals surface area contributed by atoms with E-state index in [2.05, 4.69) is 63.7 Å². The van der Waals surface area contributed by atoms with Crippen LogP contribution in [-0.2, 0) is 0 Å². The lowest BCUT2D eigenvalue weighted by Gasteiger charge is -2.11. The lowest BCUT2D eigenvalue weighted by atomic mass is 10.2. The highest BCUT2D eigenvalue weighted by Crippen LogP contribution is 2.40. The molecule has 0 bridgehead atoms. The first-order valence-electron chi connectivity index (χ1n) is 3.14. The zero-order valence-electron chi connectivity index (χ0n) is 6.06. The molecular weight excluding hydrogens is 436 g/mol. The summed E-state index contributed by atoms with van der Waals surface area (Å²) in [5.41, 5.74) is 0.398. The quantitative estimate of drug-likeness (QED) is 0.398. The van der Waals surface area contributed by atoms with Gasteiger partial charge >= 0.3 is 0 Å². The molecule has 2 nitrogen and oxygen atoms in total. The number of benzene rings is 1. The van der Waals surface area contributed by atoms with Crippen LogP contribution in [0, 0.1) is 0 Å². The number of aliphatic hydroxyl groups is 2. The number of hydrogen-bond acceptors (Lipinski definition) is 2. The number of aliphatic hydroxyl groups excluding tert-OH is 1. The van der Waals surface area contributed by atoms with Gasteiger partial charge in [-0.15, -0.1) is 0 Å². The Balaban J connectivity index is 3.44. The van der Waals surface area contributed by atoms with Crippen molar-refractivity contribution in [2.75, 3.05) is 0 Å². The molecule has 0 spiro atoms. The Morgan fingerprint density at radius 2 is 1.46 bits per heavy atom. The van der Waals surface area contributed by atoms with Gasteiger partial charge in [-0.2, -0.15) is 0 Å². The fourth-order valence-corrected chi connectivity index (χ4v) is 3.68. The van der Waals surface area contributed by atoms with Crippen molar-refractivity contribution in [2.24, 2.45) is 0 Å². The summed E-state index contributed by atoms with van der Waals surface area (Å²) in [4.78, 5) is 0. The molecule has 0 amide bonds. The fraction of sp³-hybridized carbons (Fsp3) is 0.143. The Morgan fingerprint density at radius 1 is 0.923 bits per heavy atom. The van der Waals surface area contributed by atoms with Crippen molar-refractivity contribution in [3.8, 4) is 0 Å². The van der Waals surface area contributed by atoms with Crippen LogP contribution in [0.1, 0.15) is 11.9 Å². The molecule has 0 unspecified atom stereocenters. The van der Waals surface area contributed by atoms with E-state index in [1.54, 1.807) is 6.07 Å². The minimum atomic E-state index is -1.51. The fourth-order valence-electron chi connectivity index (χ4n) is 0.817. The molecular formula is C7H4Br4O2. The third-order valence-electron chi connectivity index (χ3n) is 1.41. The summed E-state index contributed by atoms with van der Waals surface area (Å²) in [5.74, 6) is 0. The lowest BCUT2D eigenvalue weighted by Crippen LogP contribution is -1.98. The molecule has 1 aromatic rings. The maximum atomic E-state index is 9.06. The van der Waals surface area contributed by atoms with Gasteiger partial charge in [0.05, 0.1) is 0 Å². The van der Waals surface area contributed by atoms with E-state index in [0.29, 0.717) is 14.5 Å². The van der Waals surface area contributed by atoms with Gasteiger partial charge in [-0.1, -0.05) is 15.9 Å². The van der Waals surface area contributed by atoms with Crippen LogP contribution < -0.4 is 0 Å². The molecule has 0 aliphatic rings. The Bertz CT molecular complexity index is 338. The van der Waals surface area contributed by atoms with Crippen molar-refractivity contribution < 1.29 is 10.2 Å². The van der Waals surface area contributed by atoms with Crippen molar-refractivity contribution in [3.05, 3.63) is 29.5 Å². The predicted molar refractivity (Wildman–Crippen MR) is 64.4 cm³/mol. The molecule has 6 heteroatoms. The minimum Gasteiger partial charge on any atom is -0.364 e. The van der Waals surface area contributed by atoms with E-state index in [0.717, 1.165) is 8.95 Å². The number of hydrogen-bond donors (Lipinski definition) is 2. The van der Waals surface area contributed by atoms with Gasteiger partial charge in [0.25, 0.3) is 0 Å². The minimum absolute atomic E-state index is 0.398. The molecule has 13 heavy (non-hydrogen) atoms. The summed E-state index contributed by atoms with van der Waals surface area (Å²) >= 11 is 13.1. The largest absolute Gasteiger partial charge is 0.364 e. The van der Waals surface area contributed by atoms with Crippen molar-refractivity contribution in [3.63, 3.8) is 0 Å². The van der Waals surface area contributed by atoms with Gasteiger partial charge < -0.3 is 10.2 Å². The summed E-state index contributed by atoms with van der Waals surface area (Å²) in [5, 5.41) is 18.1. The molecule has 2 N–H and O–H groups in total. The molecule has 0 atom stereocenters. The summed E-state index contributed by atoms with van der Waals surface area (Å²) in [6, 6.07) is 1.74. The van der Waals surface area contributed by atoms with Gasteiger partial charge in [-0.25, -0.2) is 0 Å². The second kappa shape index (κ2) is 4.72. The van der Waals surface area contributed by atoms with E-state index in [1.807, 2.05) is 0 Å². The predicted octanol–water partition coefficient (Wildman–Crippen LogP) is 3.72. The second-order valence-electron chi connectivity index (χ2n) is 2.26. The van der Waals surface area contributed by atoms with Crippen LogP contribution in [0.2, 0.25) is 0 Å². The van der Waals surface area contributed by atoms with Gasteiger partial charge in [0.15, 0.2) is 6.29 Å². The molecule has 0 aliphatic heterocycles. The molecule has 0 fully saturated rings.